The Morgan fingerprint density at radius 1 is 1.28 bits per heavy atom. The predicted octanol–water partition coefficient (Wildman–Crippen LogP) is 4.63. The fourth-order valence-corrected chi connectivity index (χ4v) is 3.99. The molecule has 0 spiro atoms. The number of aromatic nitrogens is 4. The summed E-state index contributed by atoms with van der Waals surface area (Å²) in [5.41, 5.74) is 3.38. The van der Waals surface area contributed by atoms with Crippen LogP contribution in [-0.2, 0) is 6.54 Å². The van der Waals surface area contributed by atoms with Crippen molar-refractivity contribution < 1.29 is 0 Å². The number of halogens is 2. The average molecular weight is 390 g/mol. The number of imidazole rings is 1. The number of benzene rings is 1. The Bertz CT molecular complexity index is 1120. The van der Waals surface area contributed by atoms with Gasteiger partial charge in [-0.3, -0.25) is 5.41 Å². The summed E-state index contributed by atoms with van der Waals surface area (Å²) in [5, 5.41) is 11.3. The first-order chi connectivity index (χ1) is 12.0. The number of aromatic amines is 1. The molecule has 0 saturated heterocycles. The molecule has 4 aromatic rings. The molecule has 0 aliphatic rings. The van der Waals surface area contributed by atoms with E-state index in [-0.39, 0.29) is 5.49 Å². The van der Waals surface area contributed by atoms with Crippen LogP contribution in [0.4, 0.5) is 0 Å². The van der Waals surface area contributed by atoms with Crippen LogP contribution in [0.25, 0.3) is 21.9 Å². The van der Waals surface area contributed by atoms with Gasteiger partial charge in [0.1, 0.15) is 5.52 Å². The maximum Gasteiger partial charge on any atom is 0.173 e. The van der Waals surface area contributed by atoms with Crippen LogP contribution in [0.5, 0.6) is 0 Å². The summed E-state index contributed by atoms with van der Waals surface area (Å²) in [4.78, 5) is 13.1. The summed E-state index contributed by atoms with van der Waals surface area (Å²) in [6.45, 7) is 2.47. The lowest BCUT2D eigenvalue weighted by Crippen LogP contribution is -2.13. The van der Waals surface area contributed by atoms with E-state index in [1.54, 1.807) is 29.8 Å². The van der Waals surface area contributed by atoms with Gasteiger partial charge < -0.3 is 9.55 Å². The molecule has 0 atom stereocenters. The van der Waals surface area contributed by atoms with E-state index in [4.69, 9.17) is 28.6 Å². The number of fused-ring (bicyclic) bond motifs is 1. The molecule has 5 nitrogen and oxygen atoms in total. The van der Waals surface area contributed by atoms with Gasteiger partial charge in [-0.25, -0.2) is 9.97 Å². The standard InChI is InChI=1S/C17H13Cl2N5S/c1-9-5-13(25-7-9)16-22-14-15(20)21-8-24(17(14)23-16)6-10-11(18)3-2-4-12(10)19/h2-5,7-8,20H,6H2,1H3,(H,22,23). The minimum Gasteiger partial charge on any atom is -0.333 e. The minimum absolute atomic E-state index is 0.156. The average Bonchev–Trinajstić information content (AvgIpc) is 3.20. The molecule has 126 valence electrons. The first-order valence-electron chi connectivity index (χ1n) is 7.51. The number of hydrogen-bond donors (Lipinski definition) is 2. The summed E-state index contributed by atoms with van der Waals surface area (Å²) in [6, 6.07) is 7.48. The first-order valence-corrected chi connectivity index (χ1v) is 9.14. The van der Waals surface area contributed by atoms with Crippen LogP contribution in [0.3, 0.4) is 0 Å². The highest BCUT2D eigenvalue weighted by atomic mass is 35.5. The van der Waals surface area contributed by atoms with Crippen LogP contribution in [0, 0.1) is 12.3 Å². The summed E-state index contributed by atoms with van der Waals surface area (Å²) < 4.78 is 1.85. The second-order valence-corrected chi connectivity index (χ2v) is 7.42. The molecule has 2 N–H and O–H groups in total. The molecule has 25 heavy (non-hydrogen) atoms. The third-order valence-corrected chi connectivity index (χ3v) is 5.64. The van der Waals surface area contributed by atoms with Gasteiger partial charge in [0, 0.05) is 15.6 Å². The number of thiophene rings is 1. The van der Waals surface area contributed by atoms with Gasteiger partial charge in [0.25, 0.3) is 0 Å². The van der Waals surface area contributed by atoms with Gasteiger partial charge in [0.15, 0.2) is 17.0 Å². The zero-order valence-corrected chi connectivity index (χ0v) is 15.5. The highest BCUT2D eigenvalue weighted by molar-refractivity contribution is 7.13. The molecule has 0 unspecified atom stereocenters. The van der Waals surface area contributed by atoms with Gasteiger partial charge in [-0.2, -0.15) is 0 Å². The second-order valence-electron chi connectivity index (χ2n) is 5.69. The Labute approximate surface area is 157 Å². The monoisotopic (exact) mass is 389 g/mol. The molecule has 8 heteroatoms. The van der Waals surface area contributed by atoms with Crippen molar-refractivity contribution in [3.05, 3.63) is 62.6 Å². The van der Waals surface area contributed by atoms with E-state index in [1.165, 1.54) is 5.56 Å². The Morgan fingerprint density at radius 2 is 2.04 bits per heavy atom. The molecule has 0 fully saturated rings. The lowest BCUT2D eigenvalue weighted by molar-refractivity contribution is 0.784. The van der Waals surface area contributed by atoms with E-state index in [0.29, 0.717) is 27.8 Å². The van der Waals surface area contributed by atoms with E-state index >= 15 is 0 Å². The highest BCUT2D eigenvalue weighted by Crippen LogP contribution is 2.28. The van der Waals surface area contributed by atoms with Crippen molar-refractivity contribution in [3.8, 4) is 10.7 Å². The number of nitrogens with one attached hydrogen (secondary N) is 2. The van der Waals surface area contributed by atoms with Crippen molar-refractivity contribution in [2.45, 2.75) is 13.5 Å². The van der Waals surface area contributed by atoms with Crippen LogP contribution in [0.1, 0.15) is 11.1 Å². The quantitative estimate of drug-likeness (QED) is 0.535. The van der Waals surface area contributed by atoms with Gasteiger partial charge in [-0.05, 0) is 36.1 Å². The molecule has 1 aromatic carbocycles. The summed E-state index contributed by atoms with van der Waals surface area (Å²) in [5.74, 6) is 0.730. The van der Waals surface area contributed by atoms with Crippen molar-refractivity contribution in [1.82, 2.24) is 19.5 Å². The zero-order chi connectivity index (χ0) is 17.6. The van der Waals surface area contributed by atoms with Gasteiger partial charge in [-0.1, -0.05) is 29.3 Å². The van der Waals surface area contributed by atoms with Gasteiger partial charge in [0.05, 0.1) is 17.7 Å². The Hall–Kier alpha value is -2.15. The van der Waals surface area contributed by atoms with Crippen LogP contribution < -0.4 is 5.49 Å². The number of nitrogens with zero attached hydrogens (tertiary/aromatic N) is 3. The summed E-state index contributed by atoms with van der Waals surface area (Å²) >= 11 is 14.2. The topological polar surface area (TPSA) is 70.3 Å². The van der Waals surface area contributed by atoms with Crippen molar-refractivity contribution in [2.24, 2.45) is 0 Å². The molecule has 0 aliphatic heterocycles. The number of aryl methyl sites for hydroxylation is 1. The van der Waals surface area contributed by atoms with Crippen molar-refractivity contribution in [1.29, 1.82) is 5.41 Å². The third-order valence-electron chi connectivity index (χ3n) is 3.87. The smallest absolute Gasteiger partial charge is 0.173 e. The summed E-state index contributed by atoms with van der Waals surface area (Å²) in [6.07, 6.45) is 1.59. The van der Waals surface area contributed by atoms with Crippen LogP contribution in [0.15, 0.2) is 36.0 Å². The highest BCUT2D eigenvalue weighted by Gasteiger charge is 2.14. The zero-order valence-electron chi connectivity index (χ0n) is 13.2. The fraction of sp³-hybridized carbons (Fsp3) is 0.118. The van der Waals surface area contributed by atoms with Crippen LogP contribution in [0.2, 0.25) is 10.0 Å². The molecule has 3 heterocycles. The van der Waals surface area contributed by atoms with Crippen LogP contribution >= 0.6 is 34.5 Å². The molecule has 0 saturated carbocycles. The van der Waals surface area contributed by atoms with Gasteiger partial charge in [0.2, 0.25) is 0 Å². The third kappa shape index (κ3) is 2.97. The molecular weight excluding hydrogens is 377 g/mol. The fourth-order valence-electron chi connectivity index (χ4n) is 2.63. The lowest BCUT2D eigenvalue weighted by atomic mass is 10.2. The van der Waals surface area contributed by atoms with E-state index in [1.807, 2.05) is 17.6 Å². The predicted molar refractivity (Wildman–Crippen MR) is 101 cm³/mol. The van der Waals surface area contributed by atoms with E-state index in [9.17, 15) is 0 Å². The molecule has 0 radical (unpaired) electrons. The Kier molecular flexibility index (Phi) is 4.11. The number of hydrogen-bond acceptors (Lipinski definition) is 4. The first kappa shape index (κ1) is 16.3. The normalized spacial score (nSPS) is 11.3. The van der Waals surface area contributed by atoms with Crippen molar-refractivity contribution in [3.63, 3.8) is 0 Å². The maximum atomic E-state index is 8.06. The SMILES string of the molecule is Cc1csc(-c2nc3c([nH]2)c(=N)ncn3Cc2c(Cl)cccc2Cl)c1. The maximum absolute atomic E-state index is 8.06. The number of H-pyrrole nitrogens is 1. The molecule has 3 aromatic heterocycles. The van der Waals surface area contributed by atoms with E-state index in [2.05, 4.69) is 26.4 Å². The summed E-state index contributed by atoms with van der Waals surface area (Å²) in [7, 11) is 0. The van der Waals surface area contributed by atoms with Gasteiger partial charge in [-0.15, -0.1) is 11.3 Å². The van der Waals surface area contributed by atoms with Crippen molar-refractivity contribution >= 4 is 45.7 Å². The largest absolute Gasteiger partial charge is 0.333 e. The second kappa shape index (κ2) is 6.29. The van der Waals surface area contributed by atoms with Crippen LogP contribution in [-0.4, -0.2) is 19.5 Å². The van der Waals surface area contributed by atoms with Gasteiger partial charge >= 0.3 is 0 Å². The Balaban J connectivity index is 1.86. The van der Waals surface area contributed by atoms with Crippen molar-refractivity contribution in [2.75, 3.05) is 0 Å². The molecule has 0 bridgehead atoms. The lowest BCUT2D eigenvalue weighted by Gasteiger charge is -2.10. The molecule has 4 rings (SSSR count). The molecule has 0 aliphatic carbocycles. The molecular formula is C17H13Cl2N5S. The molecule has 0 amide bonds. The van der Waals surface area contributed by atoms with E-state index < -0.39 is 0 Å². The Morgan fingerprint density at radius 3 is 2.72 bits per heavy atom. The minimum atomic E-state index is 0.156. The van der Waals surface area contributed by atoms with E-state index in [0.717, 1.165) is 16.3 Å². The number of rotatable bonds is 3.